The van der Waals surface area contributed by atoms with Crippen LogP contribution in [0.25, 0.3) is 0 Å². The highest BCUT2D eigenvalue weighted by Gasteiger charge is 2.19. The molecule has 0 N–H and O–H groups in total. The minimum atomic E-state index is -0.808. The van der Waals surface area contributed by atoms with Gasteiger partial charge < -0.3 is 14.2 Å². The molecule has 1 unspecified atom stereocenters. The third-order valence-corrected chi connectivity index (χ3v) is 14.9. The Morgan fingerprint density at radius 2 is 0.513 bits per heavy atom. The first-order chi connectivity index (χ1) is 38.5. The Morgan fingerprint density at radius 3 is 0.859 bits per heavy atom. The number of esters is 3. The van der Waals surface area contributed by atoms with Gasteiger partial charge in [0.1, 0.15) is 13.2 Å². The lowest BCUT2D eigenvalue weighted by Gasteiger charge is -2.18. The van der Waals surface area contributed by atoms with Gasteiger partial charge in [-0.15, -0.1) is 0 Å². The van der Waals surface area contributed by atoms with Gasteiger partial charge in [-0.25, -0.2) is 0 Å². The maximum atomic E-state index is 12.9. The summed E-state index contributed by atoms with van der Waals surface area (Å²) in [5.74, 6) is -0.952. The molecule has 0 aliphatic rings. The highest BCUT2D eigenvalue weighted by Crippen LogP contribution is 2.18. The van der Waals surface area contributed by atoms with Crippen LogP contribution in [-0.4, -0.2) is 37.2 Å². The van der Waals surface area contributed by atoms with Crippen molar-refractivity contribution in [1.82, 2.24) is 0 Å². The summed E-state index contributed by atoms with van der Waals surface area (Å²) in [5.41, 5.74) is 0. The van der Waals surface area contributed by atoms with E-state index in [1.165, 1.54) is 218 Å². The number of hydrogen-bond donors (Lipinski definition) is 0. The molecule has 452 valence electrons. The van der Waals surface area contributed by atoms with Gasteiger partial charge in [0.05, 0.1) is 0 Å². The van der Waals surface area contributed by atoms with E-state index in [1.54, 1.807) is 0 Å². The molecule has 1 atom stereocenters. The highest BCUT2D eigenvalue weighted by atomic mass is 16.6. The van der Waals surface area contributed by atoms with Crippen LogP contribution in [0.1, 0.15) is 348 Å². The van der Waals surface area contributed by atoms with Crippen LogP contribution in [0.15, 0.2) is 72.9 Å². The van der Waals surface area contributed by atoms with Crippen LogP contribution in [0.3, 0.4) is 0 Å². The van der Waals surface area contributed by atoms with E-state index in [4.69, 9.17) is 14.2 Å². The molecule has 0 aromatic heterocycles. The molecule has 6 nitrogen and oxygen atoms in total. The first kappa shape index (κ1) is 74.8. The van der Waals surface area contributed by atoms with Gasteiger partial charge in [0.2, 0.25) is 0 Å². The molecular weight excluding hydrogens is 961 g/mol. The summed E-state index contributed by atoms with van der Waals surface area (Å²) in [6, 6.07) is 0. The normalized spacial score (nSPS) is 12.5. The van der Waals surface area contributed by atoms with Crippen molar-refractivity contribution in [2.45, 2.75) is 354 Å². The lowest BCUT2D eigenvalue weighted by Crippen LogP contribution is -2.30. The molecular formula is C72H128O6. The van der Waals surface area contributed by atoms with Crippen molar-refractivity contribution in [2.24, 2.45) is 0 Å². The number of carbonyl (C=O) groups is 3. The Kier molecular flexibility index (Phi) is 63.7. The summed E-state index contributed by atoms with van der Waals surface area (Å²) in [6.45, 7) is 6.49. The number of carbonyl (C=O) groups excluding carboxylic acids is 3. The molecule has 0 radical (unpaired) electrons. The summed E-state index contributed by atoms with van der Waals surface area (Å²) < 4.78 is 16.9. The Balaban J connectivity index is 4.18. The maximum Gasteiger partial charge on any atom is 0.306 e. The summed E-state index contributed by atoms with van der Waals surface area (Å²) in [7, 11) is 0. The Labute approximate surface area is 484 Å². The van der Waals surface area contributed by atoms with E-state index in [0.29, 0.717) is 19.3 Å². The van der Waals surface area contributed by atoms with E-state index in [0.717, 1.165) is 83.5 Å². The van der Waals surface area contributed by atoms with Crippen molar-refractivity contribution in [3.05, 3.63) is 72.9 Å². The van der Waals surface area contributed by atoms with Crippen molar-refractivity contribution < 1.29 is 28.6 Å². The molecule has 0 fully saturated rings. The van der Waals surface area contributed by atoms with Crippen LogP contribution in [0.4, 0.5) is 0 Å². The first-order valence-electron chi connectivity index (χ1n) is 33.9. The summed E-state index contributed by atoms with van der Waals surface area (Å²) >= 11 is 0. The molecule has 78 heavy (non-hydrogen) atoms. The number of unbranched alkanes of at least 4 members (excludes halogenated alkanes) is 39. The van der Waals surface area contributed by atoms with Gasteiger partial charge in [-0.2, -0.15) is 0 Å². The molecule has 0 saturated carbocycles. The van der Waals surface area contributed by atoms with Gasteiger partial charge in [0.15, 0.2) is 6.10 Å². The molecule has 0 aliphatic heterocycles. The zero-order chi connectivity index (χ0) is 56.4. The molecule has 6 heteroatoms. The topological polar surface area (TPSA) is 78.9 Å². The largest absolute Gasteiger partial charge is 0.462 e. The second-order valence-electron chi connectivity index (χ2n) is 22.7. The first-order valence-corrected chi connectivity index (χ1v) is 33.9. The predicted octanol–water partition coefficient (Wildman–Crippen LogP) is 23.3. The molecule has 0 aliphatic carbocycles. The average molecular weight is 1090 g/mol. The quantitative estimate of drug-likeness (QED) is 0.0261. The average Bonchev–Trinajstić information content (AvgIpc) is 3.44. The molecule has 0 bridgehead atoms. The molecule has 0 spiro atoms. The molecule has 0 amide bonds. The summed E-state index contributed by atoms with van der Waals surface area (Å²) in [5, 5.41) is 0. The van der Waals surface area contributed by atoms with Crippen LogP contribution in [0, 0.1) is 0 Å². The van der Waals surface area contributed by atoms with Crippen LogP contribution in [-0.2, 0) is 28.6 Å². The Morgan fingerprint density at radius 1 is 0.269 bits per heavy atom. The van der Waals surface area contributed by atoms with E-state index in [9.17, 15) is 14.4 Å². The molecule has 0 aromatic carbocycles. The van der Waals surface area contributed by atoms with Crippen LogP contribution in [0.2, 0.25) is 0 Å². The third-order valence-electron chi connectivity index (χ3n) is 14.9. The predicted molar refractivity (Wildman–Crippen MR) is 339 cm³/mol. The van der Waals surface area contributed by atoms with E-state index >= 15 is 0 Å². The standard InChI is InChI=1S/C72H128O6/c1-4-7-10-13-16-19-22-25-27-29-30-31-32-33-34-35-36-37-38-39-40-41-42-44-45-47-50-53-56-59-62-65-71(74)77-68-69(67-76-70(73)64-61-58-55-52-49-24-21-18-15-12-9-6-3)78-72(75)66-63-60-57-54-51-48-46-43-28-26-23-20-17-14-11-8-5-2/h8,11,17-18,20-21,26,28,46,48,54,57,69H,4-7,9-10,12-16,19,22-25,27,29-45,47,49-53,55-56,58-68H2,1-3H3/b11-8-,20-17-,21-18-,28-26-,48-46-,57-54-. The fourth-order valence-electron chi connectivity index (χ4n) is 9.89. The zero-order valence-corrected chi connectivity index (χ0v) is 51.9. The van der Waals surface area contributed by atoms with E-state index in [1.807, 2.05) is 0 Å². The van der Waals surface area contributed by atoms with Gasteiger partial charge in [-0.1, -0.05) is 318 Å². The minimum Gasteiger partial charge on any atom is -0.462 e. The smallest absolute Gasteiger partial charge is 0.306 e. The minimum absolute atomic E-state index is 0.0979. The van der Waals surface area contributed by atoms with E-state index in [2.05, 4.69) is 93.7 Å². The second-order valence-corrected chi connectivity index (χ2v) is 22.7. The second kappa shape index (κ2) is 66.4. The summed E-state index contributed by atoms with van der Waals surface area (Å²) in [4.78, 5) is 38.2. The van der Waals surface area contributed by atoms with Gasteiger partial charge >= 0.3 is 17.9 Å². The number of ether oxygens (including phenoxy) is 3. The molecule has 0 heterocycles. The number of hydrogen-bond acceptors (Lipinski definition) is 6. The third kappa shape index (κ3) is 63.7. The van der Waals surface area contributed by atoms with Gasteiger partial charge in [0, 0.05) is 19.3 Å². The monoisotopic (exact) mass is 1090 g/mol. The van der Waals surface area contributed by atoms with Crippen LogP contribution in [0.5, 0.6) is 0 Å². The van der Waals surface area contributed by atoms with Crippen LogP contribution >= 0.6 is 0 Å². The zero-order valence-electron chi connectivity index (χ0n) is 51.9. The van der Waals surface area contributed by atoms with Crippen molar-refractivity contribution in [1.29, 1.82) is 0 Å². The van der Waals surface area contributed by atoms with Crippen LogP contribution < -0.4 is 0 Å². The number of rotatable bonds is 62. The van der Waals surface area contributed by atoms with Gasteiger partial charge in [0.25, 0.3) is 0 Å². The molecule has 0 saturated heterocycles. The van der Waals surface area contributed by atoms with Crippen molar-refractivity contribution >= 4 is 17.9 Å². The van der Waals surface area contributed by atoms with Crippen molar-refractivity contribution in [2.75, 3.05) is 13.2 Å². The number of allylic oxidation sites excluding steroid dienone is 12. The fraction of sp³-hybridized carbons (Fsp3) is 0.792. The SMILES string of the molecule is CC/C=C\C/C=C\C/C=C\C/C=C\C/C=C\CCCC(=O)OC(COC(=O)CCCCCCC/C=C\CCCCC)COC(=O)CCCCCCCCCCCCCCCCCCCCCCCCCCCCCCCCC. The van der Waals surface area contributed by atoms with Crippen molar-refractivity contribution in [3.8, 4) is 0 Å². The molecule has 0 rings (SSSR count). The Hall–Kier alpha value is -3.15. The molecule has 0 aromatic rings. The van der Waals surface area contributed by atoms with E-state index in [-0.39, 0.29) is 37.5 Å². The lowest BCUT2D eigenvalue weighted by atomic mass is 10.0. The van der Waals surface area contributed by atoms with E-state index < -0.39 is 6.10 Å². The maximum absolute atomic E-state index is 12.9. The highest BCUT2D eigenvalue weighted by molar-refractivity contribution is 5.71. The Bertz CT molecular complexity index is 1440. The van der Waals surface area contributed by atoms with Gasteiger partial charge in [-0.05, 0) is 83.5 Å². The summed E-state index contributed by atoms with van der Waals surface area (Å²) in [6.07, 6.45) is 86.7. The fourth-order valence-corrected chi connectivity index (χ4v) is 9.89. The van der Waals surface area contributed by atoms with Crippen molar-refractivity contribution in [3.63, 3.8) is 0 Å². The lowest BCUT2D eigenvalue weighted by molar-refractivity contribution is -0.167. The van der Waals surface area contributed by atoms with Gasteiger partial charge in [-0.3, -0.25) is 14.4 Å².